The van der Waals surface area contributed by atoms with Crippen LogP contribution in [0.5, 0.6) is 5.75 Å². The number of rotatable bonds is 6. The van der Waals surface area contributed by atoms with E-state index in [1.54, 1.807) is 42.7 Å². The number of nitrogens with one attached hydrogen (secondary N) is 1. The quantitative estimate of drug-likeness (QED) is 0.659. The van der Waals surface area contributed by atoms with E-state index in [0.717, 1.165) is 16.2 Å². The second-order valence-corrected chi connectivity index (χ2v) is 7.75. The molecule has 2 amide bonds. The van der Waals surface area contributed by atoms with Gasteiger partial charge in [-0.15, -0.1) is 11.3 Å². The highest BCUT2D eigenvalue weighted by molar-refractivity contribution is 7.12. The first-order valence-electron chi connectivity index (χ1n) is 9.56. The van der Waals surface area contributed by atoms with Crippen LogP contribution in [-0.4, -0.2) is 36.2 Å². The van der Waals surface area contributed by atoms with Gasteiger partial charge in [-0.2, -0.15) is 5.10 Å². The summed E-state index contributed by atoms with van der Waals surface area (Å²) in [6.45, 7) is -0.130. The summed E-state index contributed by atoms with van der Waals surface area (Å²) in [4.78, 5) is 26.4. The van der Waals surface area contributed by atoms with Crippen LogP contribution in [0.2, 0.25) is 0 Å². The first kappa shape index (κ1) is 19.8. The Bertz CT molecular complexity index is 1050. The summed E-state index contributed by atoms with van der Waals surface area (Å²) in [7, 11) is 1.57. The van der Waals surface area contributed by atoms with Gasteiger partial charge in [-0.3, -0.25) is 9.59 Å². The number of ether oxygens (including phenoxy) is 1. The summed E-state index contributed by atoms with van der Waals surface area (Å²) in [6, 6.07) is 20.4. The van der Waals surface area contributed by atoms with Gasteiger partial charge in [-0.05, 0) is 41.3 Å². The van der Waals surface area contributed by atoms with Crippen molar-refractivity contribution in [3.05, 3.63) is 88.1 Å². The van der Waals surface area contributed by atoms with Crippen LogP contribution in [0.4, 0.5) is 0 Å². The molecule has 30 heavy (non-hydrogen) atoms. The van der Waals surface area contributed by atoms with Crippen molar-refractivity contribution >= 4 is 28.9 Å². The highest BCUT2D eigenvalue weighted by Gasteiger charge is 2.33. The second-order valence-electron chi connectivity index (χ2n) is 6.80. The Labute approximate surface area is 178 Å². The molecule has 4 rings (SSSR count). The van der Waals surface area contributed by atoms with Gasteiger partial charge in [0.2, 0.25) is 0 Å². The Morgan fingerprint density at radius 1 is 1.10 bits per heavy atom. The van der Waals surface area contributed by atoms with Gasteiger partial charge in [0.1, 0.15) is 5.75 Å². The van der Waals surface area contributed by atoms with Crippen LogP contribution in [0.1, 0.15) is 33.3 Å². The highest BCUT2D eigenvalue weighted by atomic mass is 32.1. The summed E-state index contributed by atoms with van der Waals surface area (Å²) < 4.78 is 5.10. The maximum Gasteiger partial charge on any atom is 0.262 e. The largest absolute Gasteiger partial charge is 0.497 e. The van der Waals surface area contributed by atoms with Crippen molar-refractivity contribution in [3.63, 3.8) is 0 Å². The molecule has 0 saturated carbocycles. The van der Waals surface area contributed by atoms with Crippen LogP contribution in [0, 0.1) is 0 Å². The van der Waals surface area contributed by atoms with Gasteiger partial charge in [0.15, 0.2) is 0 Å². The summed E-state index contributed by atoms with van der Waals surface area (Å²) in [5.41, 5.74) is 2.36. The molecule has 1 unspecified atom stereocenters. The lowest BCUT2D eigenvalue weighted by molar-refractivity contribution is -0.131. The summed E-state index contributed by atoms with van der Waals surface area (Å²) in [6.07, 6.45) is 0.642. The van der Waals surface area contributed by atoms with E-state index in [2.05, 4.69) is 10.4 Å². The zero-order valence-electron chi connectivity index (χ0n) is 16.4. The molecular weight excluding hydrogens is 398 g/mol. The Morgan fingerprint density at radius 3 is 2.53 bits per heavy atom. The highest BCUT2D eigenvalue weighted by Crippen LogP contribution is 2.33. The van der Waals surface area contributed by atoms with Gasteiger partial charge < -0.3 is 10.1 Å². The molecular formula is C23H21N3O3S. The molecule has 2 aromatic carbocycles. The van der Waals surface area contributed by atoms with Crippen molar-refractivity contribution < 1.29 is 14.3 Å². The van der Waals surface area contributed by atoms with E-state index < -0.39 is 0 Å². The molecule has 1 N–H and O–H groups in total. The Morgan fingerprint density at radius 2 is 1.87 bits per heavy atom. The number of carbonyl (C=O) groups is 2. The third-order valence-electron chi connectivity index (χ3n) is 4.91. The van der Waals surface area contributed by atoms with Crippen LogP contribution in [-0.2, 0) is 4.79 Å². The van der Waals surface area contributed by atoms with E-state index in [1.165, 1.54) is 5.01 Å². The predicted molar refractivity (Wildman–Crippen MR) is 117 cm³/mol. The molecule has 7 heteroatoms. The van der Waals surface area contributed by atoms with E-state index in [1.807, 2.05) is 47.8 Å². The fraction of sp³-hybridized carbons (Fsp3) is 0.174. The predicted octanol–water partition coefficient (Wildman–Crippen LogP) is 3.86. The van der Waals surface area contributed by atoms with Crippen molar-refractivity contribution in [2.45, 2.75) is 12.5 Å². The van der Waals surface area contributed by atoms with Gasteiger partial charge in [0, 0.05) is 12.0 Å². The number of carbonyl (C=O) groups excluding carboxylic acids is 2. The molecule has 152 valence electrons. The minimum absolute atomic E-state index is 0.130. The second kappa shape index (κ2) is 8.92. The maximum absolute atomic E-state index is 13.0. The first-order valence-corrected chi connectivity index (χ1v) is 10.4. The summed E-state index contributed by atoms with van der Waals surface area (Å²) >= 11 is 1.60. The fourth-order valence-corrected chi connectivity index (χ4v) is 4.07. The zero-order valence-corrected chi connectivity index (χ0v) is 17.3. The zero-order chi connectivity index (χ0) is 20.9. The van der Waals surface area contributed by atoms with E-state index in [4.69, 9.17) is 4.74 Å². The SMILES string of the molecule is COc1ccc(C(=O)NCC(=O)N2N=C(c3cccs3)CC2c2ccccc2)cc1. The van der Waals surface area contributed by atoms with Gasteiger partial charge >= 0.3 is 0 Å². The number of nitrogens with zero attached hydrogens (tertiary/aromatic N) is 2. The van der Waals surface area contributed by atoms with Gasteiger partial charge in [0.25, 0.3) is 11.8 Å². The first-order chi connectivity index (χ1) is 14.7. The van der Waals surface area contributed by atoms with Gasteiger partial charge in [0.05, 0.1) is 30.3 Å². The van der Waals surface area contributed by atoms with Crippen molar-refractivity contribution in [1.82, 2.24) is 10.3 Å². The number of thiophene rings is 1. The normalized spacial score (nSPS) is 15.6. The lowest BCUT2D eigenvalue weighted by Gasteiger charge is -2.22. The molecule has 1 aromatic heterocycles. The van der Waals surface area contributed by atoms with E-state index in [9.17, 15) is 9.59 Å². The van der Waals surface area contributed by atoms with Crippen molar-refractivity contribution in [1.29, 1.82) is 0 Å². The van der Waals surface area contributed by atoms with E-state index in [-0.39, 0.29) is 24.4 Å². The molecule has 0 radical (unpaired) electrons. The van der Waals surface area contributed by atoms with E-state index in [0.29, 0.717) is 17.7 Å². The number of amides is 2. The fourth-order valence-electron chi connectivity index (χ4n) is 3.35. The molecule has 0 bridgehead atoms. The maximum atomic E-state index is 13.0. The van der Waals surface area contributed by atoms with Gasteiger partial charge in [-0.25, -0.2) is 5.01 Å². The molecule has 0 fully saturated rings. The molecule has 0 spiro atoms. The monoisotopic (exact) mass is 419 g/mol. The molecule has 0 aliphatic carbocycles. The molecule has 0 saturated heterocycles. The molecule has 1 atom stereocenters. The molecule has 1 aliphatic rings. The average molecular weight is 420 g/mol. The van der Waals surface area contributed by atoms with E-state index >= 15 is 0 Å². The number of methoxy groups -OCH3 is 1. The Hall–Kier alpha value is -3.45. The number of hydrogen-bond donors (Lipinski definition) is 1. The molecule has 1 aliphatic heterocycles. The molecule has 2 heterocycles. The number of hydrogen-bond acceptors (Lipinski definition) is 5. The Balaban J connectivity index is 1.48. The Kier molecular flexibility index (Phi) is 5.90. The minimum atomic E-state index is -0.316. The van der Waals surface area contributed by atoms with Crippen LogP contribution in [0.25, 0.3) is 0 Å². The number of benzene rings is 2. The smallest absolute Gasteiger partial charge is 0.262 e. The third-order valence-corrected chi connectivity index (χ3v) is 5.83. The third kappa shape index (κ3) is 4.26. The van der Waals surface area contributed by atoms with Crippen LogP contribution >= 0.6 is 11.3 Å². The summed E-state index contributed by atoms with van der Waals surface area (Å²) in [5.74, 6) is 0.0991. The molecule has 6 nitrogen and oxygen atoms in total. The molecule has 3 aromatic rings. The number of hydrazone groups is 1. The summed E-state index contributed by atoms with van der Waals surface area (Å²) in [5, 5.41) is 10.8. The lowest BCUT2D eigenvalue weighted by atomic mass is 10.0. The lowest BCUT2D eigenvalue weighted by Crippen LogP contribution is -2.38. The van der Waals surface area contributed by atoms with Crippen molar-refractivity contribution in [2.75, 3.05) is 13.7 Å². The van der Waals surface area contributed by atoms with Gasteiger partial charge in [-0.1, -0.05) is 36.4 Å². The average Bonchev–Trinajstić information content (AvgIpc) is 3.48. The standard InChI is InChI=1S/C23H21N3O3S/c1-29-18-11-9-17(10-12-18)23(28)24-15-22(27)26-20(16-6-3-2-4-7-16)14-19(25-26)21-8-5-13-30-21/h2-13,20H,14-15H2,1H3,(H,24,28). The van der Waals surface area contributed by atoms with Crippen LogP contribution < -0.4 is 10.1 Å². The van der Waals surface area contributed by atoms with Crippen LogP contribution in [0.3, 0.4) is 0 Å². The van der Waals surface area contributed by atoms with Crippen LogP contribution in [0.15, 0.2) is 77.2 Å². The minimum Gasteiger partial charge on any atom is -0.497 e. The van der Waals surface area contributed by atoms with Crippen molar-refractivity contribution in [3.8, 4) is 5.75 Å². The topological polar surface area (TPSA) is 71.0 Å². The van der Waals surface area contributed by atoms with Crippen molar-refractivity contribution in [2.24, 2.45) is 5.10 Å².